The summed E-state index contributed by atoms with van der Waals surface area (Å²) in [5.41, 5.74) is 0.858. The van der Waals surface area contributed by atoms with Crippen molar-refractivity contribution in [2.24, 2.45) is 0 Å². The van der Waals surface area contributed by atoms with Gasteiger partial charge in [-0.15, -0.1) is 0 Å². The Bertz CT molecular complexity index is 1080. The number of hydrogen-bond acceptors (Lipinski definition) is 7. The SMILES string of the molecule is CNC(=O)CNC(=O)[C@H](Cc1ccccc1)NC(=O)CCCCC(=O)CNC(=O)CCCCCN1C(=O)C=CC1O. The number of Topliss-reactive ketones (excluding diaryl/α,β-unsaturated/α-hetero) is 1. The molecule has 224 valence electrons. The van der Waals surface area contributed by atoms with Crippen molar-refractivity contribution in [2.75, 3.05) is 26.7 Å². The molecule has 0 saturated heterocycles. The van der Waals surface area contributed by atoms with Gasteiger partial charge in [0.05, 0.1) is 13.1 Å². The fourth-order valence-corrected chi connectivity index (χ4v) is 4.17. The van der Waals surface area contributed by atoms with Crippen LogP contribution in [0.4, 0.5) is 0 Å². The number of carbonyl (C=O) groups is 6. The molecule has 0 spiro atoms. The number of unbranched alkanes of at least 4 members (excludes halogenated alkanes) is 3. The maximum absolute atomic E-state index is 12.6. The van der Waals surface area contributed by atoms with Crippen molar-refractivity contribution in [3.63, 3.8) is 0 Å². The van der Waals surface area contributed by atoms with Crippen LogP contribution in [0.25, 0.3) is 0 Å². The van der Waals surface area contributed by atoms with Gasteiger partial charge in [-0.3, -0.25) is 28.8 Å². The molecular formula is C29H41N5O7. The van der Waals surface area contributed by atoms with Crippen LogP contribution in [0.15, 0.2) is 42.5 Å². The zero-order valence-electron chi connectivity index (χ0n) is 23.5. The minimum absolute atomic E-state index is 0.0736. The van der Waals surface area contributed by atoms with E-state index in [9.17, 15) is 33.9 Å². The van der Waals surface area contributed by atoms with Crippen LogP contribution < -0.4 is 21.3 Å². The van der Waals surface area contributed by atoms with Crippen molar-refractivity contribution >= 4 is 35.3 Å². The minimum atomic E-state index is -0.879. The van der Waals surface area contributed by atoms with E-state index < -0.39 is 18.2 Å². The van der Waals surface area contributed by atoms with Crippen molar-refractivity contribution in [2.45, 2.75) is 70.1 Å². The summed E-state index contributed by atoms with van der Waals surface area (Å²) in [5.74, 6) is -1.73. The summed E-state index contributed by atoms with van der Waals surface area (Å²) in [7, 11) is 1.46. The molecule has 12 heteroatoms. The van der Waals surface area contributed by atoms with E-state index in [1.54, 1.807) is 0 Å². The van der Waals surface area contributed by atoms with E-state index in [1.807, 2.05) is 30.3 Å². The lowest BCUT2D eigenvalue weighted by Gasteiger charge is -2.19. The first kappa shape index (κ1) is 33.1. The standard InChI is InChI=1S/C29H41N5O7/c1-30-26(38)20-32-29(41)23(18-21-10-4-2-5-11-21)33-25(37)14-8-7-12-22(35)19-31-24(36)13-6-3-9-17-34-27(39)15-16-28(34)40/h2,4-5,10-11,15-16,23,27,39H,3,6-9,12-14,17-20H2,1H3,(H,30,38)(H,31,36)(H,32,41)(H,33,37)/t23-,27?/m0/s1. The molecule has 0 aliphatic carbocycles. The van der Waals surface area contributed by atoms with Crippen LogP contribution >= 0.6 is 0 Å². The largest absolute Gasteiger partial charge is 0.370 e. The fraction of sp³-hybridized carbons (Fsp3) is 0.517. The van der Waals surface area contributed by atoms with Gasteiger partial charge in [-0.2, -0.15) is 0 Å². The van der Waals surface area contributed by atoms with E-state index >= 15 is 0 Å². The molecule has 5 N–H and O–H groups in total. The van der Waals surface area contributed by atoms with Crippen molar-refractivity contribution in [3.05, 3.63) is 48.0 Å². The van der Waals surface area contributed by atoms with Crippen LogP contribution in [-0.4, -0.2) is 84.3 Å². The van der Waals surface area contributed by atoms with Crippen LogP contribution in [0.2, 0.25) is 0 Å². The monoisotopic (exact) mass is 571 g/mol. The van der Waals surface area contributed by atoms with Gasteiger partial charge < -0.3 is 31.3 Å². The summed E-state index contributed by atoms with van der Waals surface area (Å²) < 4.78 is 0. The lowest BCUT2D eigenvalue weighted by Crippen LogP contribution is -2.49. The van der Waals surface area contributed by atoms with Gasteiger partial charge in [0.2, 0.25) is 29.5 Å². The lowest BCUT2D eigenvalue weighted by atomic mass is 10.0. The van der Waals surface area contributed by atoms with E-state index in [1.165, 1.54) is 24.1 Å². The van der Waals surface area contributed by atoms with E-state index in [-0.39, 0.29) is 68.2 Å². The Hall–Kier alpha value is -4.06. The number of hydrogen-bond donors (Lipinski definition) is 5. The van der Waals surface area contributed by atoms with Crippen LogP contribution in [0.1, 0.15) is 56.9 Å². The highest BCUT2D eigenvalue weighted by Crippen LogP contribution is 2.11. The minimum Gasteiger partial charge on any atom is -0.370 e. The van der Waals surface area contributed by atoms with Gasteiger partial charge >= 0.3 is 0 Å². The molecule has 2 atom stereocenters. The number of ketones is 1. The second-order valence-electron chi connectivity index (χ2n) is 9.84. The number of likely N-dealkylation sites (N-methyl/N-ethyl adjacent to an activating group) is 1. The number of amides is 5. The third-order valence-corrected chi connectivity index (χ3v) is 6.54. The summed E-state index contributed by atoms with van der Waals surface area (Å²) in [6, 6.07) is 8.36. The van der Waals surface area contributed by atoms with Crippen molar-refractivity contribution in [1.82, 2.24) is 26.2 Å². The third-order valence-electron chi connectivity index (χ3n) is 6.54. The second kappa shape index (κ2) is 18.3. The second-order valence-corrected chi connectivity index (χ2v) is 9.84. The van der Waals surface area contributed by atoms with E-state index in [0.717, 1.165) is 5.56 Å². The Morgan fingerprint density at radius 1 is 0.854 bits per heavy atom. The summed E-state index contributed by atoms with van der Waals surface area (Å²) in [5, 5.41) is 19.9. The number of rotatable bonds is 19. The molecular weight excluding hydrogens is 530 g/mol. The molecule has 1 aromatic rings. The molecule has 41 heavy (non-hydrogen) atoms. The summed E-state index contributed by atoms with van der Waals surface area (Å²) in [6.07, 6.45) is 5.65. The first-order chi connectivity index (χ1) is 19.7. The predicted molar refractivity (Wildman–Crippen MR) is 151 cm³/mol. The Morgan fingerprint density at radius 2 is 1.54 bits per heavy atom. The summed E-state index contributed by atoms with van der Waals surface area (Å²) >= 11 is 0. The number of nitrogens with zero attached hydrogens (tertiary/aromatic N) is 1. The van der Waals surface area contributed by atoms with Crippen molar-refractivity contribution in [1.29, 1.82) is 0 Å². The highest BCUT2D eigenvalue weighted by Gasteiger charge is 2.23. The zero-order chi connectivity index (χ0) is 30.0. The number of aliphatic hydroxyl groups excluding tert-OH is 1. The Morgan fingerprint density at radius 3 is 2.22 bits per heavy atom. The van der Waals surface area contributed by atoms with Gasteiger partial charge in [-0.1, -0.05) is 36.8 Å². The average molecular weight is 572 g/mol. The molecule has 0 aromatic heterocycles. The van der Waals surface area contributed by atoms with Gasteiger partial charge in [0.25, 0.3) is 0 Å². The van der Waals surface area contributed by atoms with E-state index in [2.05, 4.69) is 21.3 Å². The molecule has 1 unspecified atom stereocenters. The average Bonchev–Trinajstić information content (AvgIpc) is 3.29. The Balaban J connectivity index is 1.60. The van der Waals surface area contributed by atoms with Crippen LogP contribution in [0.3, 0.4) is 0 Å². The number of nitrogens with one attached hydrogen (secondary N) is 4. The number of aliphatic hydroxyl groups is 1. The number of benzene rings is 1. The molecule has 1 aromatic carbocycles. The predicted octanol–water partition coefficient (Wildman–Crippen LogP) is 0.0990. The molecule has 1 aliphatic rings. The Labute approximate surface area is 240 Å². The summed E-state index contributed by atoms with van der Waals surface area (Å²) in [4.78, 5) is 73.6. The zero-order valence-corrected chi connectivity index (χ0v) is 23.5. The highest BCUT2D eigenvalue weighted by atomic mass is 16.3. The smallest absolute Gasteiger partial charge is 0.248 e. The van der Waals surface area contributed by atoms with Gasteiger partial charge in [0.1, 0.15) is 12.3 Å². The van der Waals surface area contributed by atoms with Gasteiger partial charge in [-0.05, 0) is 37.3 Å². The fourth-order valence-electron chi connectivity index (χ4n) is 4.17. The van der Waals surface area contributed by atoms with Gasteiger partial charge in [-0.25, -0.2) is 0 Å². The first-order valence-electron chi connectivity index (χ1n) is 14.0. The topological polar surface area (TPSA) is 174 Å². The molecule has 0 saturated carbocycles. The maximum Gasteiger partial charge on any atom is 0.248 e. The van der Waals surface area contributed by atoms with Crippen molar-refractivity contribution < 1.29 is 33.9 Å². The molecule has 2 rings (SSSR count). The van der Waals surface area contributed by atoms with Crippen LogP contribution in [-0.2, 0) is 35.2 Å². The molecule has 0 fully saturated rings. The highest BCUT2D eigenvalue weighted by molar-refractivity contribution is 5.91. The van der Waals surface area contributed by atoms with Gasteiger partial charge in [0, 0.05) is 45.4 Å². The molecule has 1 heterocycles. The van der Waals surface area contributed by atoms with Crippen LogP contribution in [0, 0.1) is 0 Å². The Kier molecular flexibility index (Phi) is 14.8. The molecule has 12 nitrogen and oxygen atoms in total. The normalized spacial score (nSPS) is 14.8. The molecule has 5 amide bonds. The maximum atomic E-state index is 12.6. The van der Waals surface area contributed by atoms with E-state index in [4.69, 9.17) is 0 Å². The summed E-state index contributed by atoms with van der Waals surface area (Å²) in [6.45, 7) is 0.151. The molecule has 1 aliphatic heterocycles. The lowest BCUT2D eigenvalue weighted by molar-refractivity contribution is -0.131. The first-order valence-corrected chi connectivity index (χ1v) is 14.0. The molecule has 0 bridgehead atoms. The van der Waals surface area contributed by atoms with E-state index in [0.29, 0.717) is 38.6 Å². The number of carbonyl (C=O) groups excluding carboxylic acids is 6. The van der Waals surface area contributed by atoms with Crippen molar-refractivity contribution in [3.8, 4) is 0 Å². The van der Waals surface area contributed by atoms with Crippen LogP contribution in [0.5, 0.6) is 0 Å². The quantitative estimate of drug-likeness (QED) is 0.146. The third kappa shape index (κ3) is 13.2. The molecule has 0 radical (unpaired) electrons. The van der Waals surface area contributed by atoms with Gasteiger partial charge in [0.15, 0.2) is 5.78 Å².